The van der Waals surface area contributed by atoms with Crippen LogP contribution in [0.3, 0.4) is 0 Å². The molecule has 0 aliphatic carbocycles. The molecule has 1 atom stereocenters. The van der Waals surface area contributed by atoms with Crippen molar-refractivity contribution >= 4 is 21.4 Å². The molecule has 1 aromatic carbocycles. The monoisotopic (exact) mass is 372 g/mol. The second-order valence-electron chi connectivity index (χ2n) is 6.14. The Morgan fingerprint density at radius 3 is 2.52 bits per heavy atom. The maximum atomic E-state index is 12.7. The average Bonchev–Trinajstić information content (AvgIpc) is 2.55. The SMILES string of the molecule is COC[C@@H](C)Nc1ccc(S(=O)(=O)N2CCN(C)CC2)cc1[N+](=O)[O-]. The van der Waals surface area contributed by atoms with Crippen LogP contribution >= 0.6 is 0 Å². The first kappa shape index (κ1) is 19.6. The predicted molar refractivity (Wildman–Crippen MR) is 94.3 cm³/mol. The molecule has 0 unspecified atom stereocenters. The van der Waals surface area contributed by atoms with Gasteiger partial charge in [-0.2, -0.15) is 4.31 Å². The van der Waals surface area contributed by atoms with Gasteiger partial charge in [-0.05, 0) is 26.1 Å². The maximum Gasteiger partial charge on any atom is 0.293 e. The standard InChI is InChI=1S/C15H24N4O5S/c1-12(11-24-3)16-14-5-4-13(10-15(14)19(20)21)25(22,23)18-8-6-17(2)7-9-18/h4-5,10,12,16H,6-9,11H2,1-3H3/t12-/m1/s1. The van der Waals surface area contributed by atoms with E-state index < -0.39 is 14.9 Å². The van der Waals surface area contributed by atoms with E-state index in [1.807, 2.05) is 18.9 Å². The Kier molecular flexibility index (Phi) is 6.33. The molecule has 1 saturated heterocycles. The van der Waals surface area contributed by atoms with Gasteiger partial charge in [-0.25, -0.2) is 8.42 Å². The van der Waals surface area contributed by atoms with Gasteiger partial charge in [0.25, 0.3) is 5.69 Å². The second-order valence-corrected chi connectivity index (χ2v) is 8.08. The van der Waals surface area contributed by atoms with Crippen LogP contribution in [-0.4, -0.2) is 75.5 Å². The van der Waals surface area contributed by atoms with Crippen molar-refractivity contribution in [2.45, 2.75) is 17.9 Å². The maximum absolute atomic E-state index is 12.7. The molecular weight excluding hydrogens is 348 g/mol. The van der Waals surface area contributed by atoms with Crippen LogP contribution in [0.4, 0.5) is 11.4 Å². The Morgan fingerprint density at radius 2 is 1.96 bits per heavy atom. The fourth-order valence-electron chi connectivity index (χ4n) is 2.68. The third kappa shape index (κ3) is 4.66. The van der Waals surface area contributed by atoms with Gasteiger partial charge in [0.1, 0.15) is 5.69 Å². The summed E-state index contributed by atoms with van der Waals surface area (Å²) in [6.45, 7) is 4.21. The van der Waals surface area contributed by atoms with Crippen LogP contribution in [-0.2, 0) is 14.8 Å². The Bertz CT molecular complexity index is 717. The Labute approximate surface area is 147 Å². The summed E-state index contributed by atoms with van der Waals surface area (Å²) < 4.78 is 31.9. The lowest BCUT2D eigenvalue weighted by molar-refractivity contribution is -0.384. The highest BCUT2D eigenvalue weighted by atomic mass is 32.2. The van der Waals surface area contributed by atoms with Gasteiger partial charge in [-0.15, -0.1) is 0 Å². The molecule has 0 bridgehead atoms. The Hall–Kier alpha value is -1.75. The van der Waals surface area contributed by atoms with E-state index in [9.17, 15) is 18.5 Å². The van der Waals surface area contributed by atoms with Crippen LogP contribution in [0.25, 0.3) is 0 Å². The molecule has 1 aromatic rings. The summed E-state index contributed by atoms with van der Waals surface area (Å²) in [6.07, 6.45) is 0. The first-order valence-corrected chi connectivity index (χ1v) is 9.42. The van der Waals surface area contributed by atoms with Crippen LogP contribution in [0.1, 0.15) is 6.92 Å². The van der Waals surface area contributed by atoms with Crippen molar-refractivity contribution in [2.24, 2.45) is 0 Å². The van der Waals surface area contributed by atoms with Crippen molar-refractivity contribution in [3.05, 3.63) is 28.3 Å². The van der Waals surface area contributed by atoms with E-state index in [2.05, 4.69) is 5.32 Å². The van der Waals surface area contributed by atoms with Crippen molar-refractivity contribution in [1.82, 2.24) is 9.21 Å². The molecule has 1 aliphatic rings. The lowest BCUT2D eigenvalue weighted by Crippen LogP contribution is -2.47. The highest BCUT2D eigenvalue weighted by Gasteiger charge is 2.29. The van der Waals surface area contributed by atoms with Gasteiger partial charge in [-0.1, -0.05) is 0 Å². The summed E-state index contributed by atoms with van der Waals surface area (Å²) in [7, 11) is -0.280. The number of rotatable bonds is 7. The zero-order valence-corrected chi connectivity index (χ0v) is 15.5. The summed E-state index contributed by atoms with van der Waals surface area (Å²) in [4.78, 5) is 12.8. The third-order valence-corrected chi connectivity index (χ3v) is 5.98. The summed E-state index contributed by atoms with van der Waals surface area (Å²) in [5.74, 6) is 0. The Morgan fingerprint density at radius 1 is 1.32 bits per heavy atom. The molecule has 0 saturated carbocycles. The van der Waals surface area contributed by atoms with Crippen molar-refractivity contribution in [1.29, 1.82) is 0 Å². The number of anilines is 1. The van der Waals surface area contributed by atoms with Crippen LogP contribution in [0.5, 0.6) is 0 Å². The van der Waals surface area contributed by atoms with E-state index in [0.29, 0.717) is 32.8 Å². The molecule has 0 radical (unpaired) electrons. The van der Waals surface area contributed by atoms with Gasteiger partial charge in [0.05, 0.1) is 16.4 Å². The number of benzene rings is 1. The van der Waals surface area contributed by atoms with Crippen LogP contribution < -0.4 is 5.32 Å². The molecule has 10 heteroatoms. The van der Waals surface area contributed by atoms with Crippen molar-refractivity contribution in [3.8, 4) is 0 Å². The smallest absolute Gasteiger partial charge is 0.293 e. The molecule has 1 fully saturated rings. The molecule has 25 heavy (non-hydrogen) atoms. The molecule has 0 spiro atoms. The van der Waals surface area contributed by atoms with Crippen LogP contribution in [0.15, 0.2) is 23.1 Å². The lowest BCUT2D eigenvalue weighted by Gasteiger charge is -2.31. The largest absolute Gasteiger partial charge is 0.383 e. The normalized spacial score (nSPS) is 18.0. The topological polar surface area (TPSA) is 105 Å². The summed E-state index contributed by atoms with van der Waals surface area (Å²) in [6, 6.07) is 3.81. The van der Waals surface area contributed by atoms with Gasteiger partial charge < -0.3 is 15.0 Å². The molecule has 0 amide bonds. The van der Waals surface area contributed by atoms with Gasteiger partial charge in [0, 0.05) is 45.4 Å². The minimum atomic E-state index is -3.75. The molecule has 9 nitrogen and oxygen atoms in total. The Balaban J connectivity index is 2.30. The highest BCUT2D eigenvalue weighted by Crippen LogP contribution is 2.29. The molecule has 2 rings (SSSR count). The fourth-order valence-corrected chi connectivity index (χ4v) is 4.12. The number of likely N-dealkylation sites (N-methyl/N-ethyl adjacent to an activating group) is 1. The zero-order valence-electron chi connectivity index (χ0n) is 14.6. The number of nitrogens with one attached hydrogen (secondary N) is 1. The zero-order chi connectivity index (χ0) is 18.6. The van der Waals surface area contributed by atoms with E-state index in [-0.39, 0.29) is 22.3 Å². The summed E-state index contributed by atoms with van der Waals surface area (Å²) >= 11 is 0. The lowest BCUT2D eigenvalue weighted by atomic mass is 10.2. The molecule has 1 N–H and O–H groups in total. The first-order valence-electron chi connectivity index (χ1n) is 7.98. The number of hydrogen-bond acceptors (Lipinski definition) is 7. The van der Waals surface area contributed by atoms with Gasteiger partial charge in [0.2, 0.25) is 10.0 Å². The van der Waals surface area contributed by atoms with Crippen molar-refractivity contribution < 1.29 is 18.1 Å². The van der Waals surface area contributed by atoms with E-state index >= 15 is 0 Å². The molecular formula is C15H24N4O5S. The minimum absolute atomic E-state index is 0.0614. The van der Waals surface area contributed by atoms with E-state index in [0.717, 1.165) is 6.07 Å². The summed E-state index contributed by atoms with van der Waals surface area (Å²) in [5.41, 5.74) is 0.00466. The fraction of sp³-hybridized carbons (Fsp3) is 0.600. The number of methoxy groups -OCH3 is 1. The van der Waals surface area contributed by atoms with E-state index in [1.165, 1.54) is 23.5 Å². The number of nitro groups is 1. The van der Waals surface area contributed by atoms with Gasteiger partial charge >= 0.3 is 0 Å². The van der Waals surface area contributed by atoms with E-state index in [1.54, 1.807) is 0 Å². The highest BCUT2D eigenvalue weighted by molar-refractivity contribution is 7.89. The molecule has 1 aliphatic heterocycles. The molecule has 1 heterocycles. The van der Waals surface area contributed by atoms with Crippen molar-refractivity contribution in [3.63, 3.8) is 0 Å². The number of piperazine rings is 1. The summed E-state index contributed by atoms with van der Waals surface area (Å²) in [5, 5.41) is 14.4. The molecule has 0 aromatic heterocycles. The van der Waals surface area contributed by atoms with Crippen LogP contribution in [0, 0.1) is 10.1 Å². The van der Waals surface area contributed by atoms with Gasteiger partial charge in [0.15, 0.2) is 0 Å². The number of nitrogens with zero attached hydrogens (tertiary/aromatic N) is 3. The average molecular weight is 372 g/mol. The van der Waals surface area contributed by atoms with Gasteiger partial charge in [-0.3, -0.25) is 10.1 Å². The number of nitro benzene ring substituents is 1. The third-order valence-electron chi connectivity index (χ3n) is 4.08. The number of sulfonamides is 1. The van der Waals surface area contributed by atoms with Crippen LogP contribution in [0.2, 0.25) is 0 Å². The number of hydrogen-bond donors (Lipinski definition) is 1. The van der Waals surface area contributed by atoms with E-state index in [4.69, 9.17) is 4.74 Å². The van der Waals surface area contributed by atoms with Crippen molar-refractivity contribution in [2.75, 3.05) is 52.3 Å². The number of ether oxygens (including phenoxy) is 1. The molecule has 140 valence electrons. The second kappa shape index (κ2) is 8.09. The quantitative estimate of drug-likeness (QED) is 0.562. The predicted octanol–water partition coefficient (Wildman–Crippen LogP) is 0.978. The minimum Gasteiger partial charge on any atom is -0.383 e. The first-order chi connectivity index (χ1) is 11.8.